The zero-order chi connectivity index (χ0) is 27.0. The van der Waals surface area contributed by atoms with Gasteiger partial charge in [-0.25, -0.2) is 13.8 Å². The summed E-state index contributed by atoms with van der Waals surface area (Å²) in [5.41, 5.74) is 4.71. The van der Waals surface area contributed by atoms with Crippen LogP contribution in [0.5, 0.6) is 0 Å². The monoisotopic (exact) mass is 528 g/mol. The third kappa shape index (κ3) is 6.90. The Kier molecular flexibility index (Phi) is 8.62. The van der Waals surface area contributed by atoms with Gasteiger partial charge in [0.15, 0.2) is 0 Å². The van der Waals surface area contributed by atoms with Gasteiger partial charge in [0.1, 0.15) is 0 Å². The predicted octanol–water partition coefficient (Wildman–Crippen LogP) is 4.18. The van der Waals surface area contributed by atoms with Gasteiger partial charge in [0, 0.05) is 24.7 Å². The summed E-state index contributed by atoms with van der Waals surface area (Å²) in [6.07, 6.45) is 1.97. The summed E-state index contributed by atoms with van der Waals surface area (Å²) in [7, 11) is -4.01. The van der Waals surface area contributed by atoms with E-state index in [4.69, 9.17) is 0 Å². The smallest absolute Gasteiger partial charge is 0.255 e. The lowest BCUT2D eigenvalue weighted by molar-refractivity contribution is -0.121. The zero-order valence-electron chi connectivity index (χ0n) is 20.9. The van der Waals surface area contributed by atoms with Crippen LogP contribution in [0.2, 0.25) is 0 Å². The number of anilines is 1. The van der Waals surface area contributed by atoms with Gasteiger partial charge < -0.3 is 5.32 Å². The third-order valence-corrected chi connectivity index (χ3v) is 7.70. The molecule has 0 saturated heterocycles. The minimum Gasteiger partial charge on any atom is -0.326 e. The van der Waals surface area contributed by atoms with E-state index in [2.05, 4.69) is 15.8 Å². The van der Waals surface area contributed by atoms with Gasteiger partial charge in [-0.05, 0) is 47.0 Å². The van der Waals surface area contributed by atoms with E-state index in [1.165, 1.54) is 31.2 Å². The summed E-state index contributed by atoms with van der Waals surface area (Å²) in [4.78, 5) is 24.1. The second-order valence-electron chi connectivity index (χ2n) is 8.64. The first-order valence-corrected chi connectivity index (χ1v) is 13.5. The van der Waals surface area contributed by atoms with Crippen LogP contribution in [0.1, 0.15) is 18.1 Å². The van der Waals surface area contributed by atoms with E-state index < -0.39 is 22.5 Å². The second-order valence-corrected chi connectivity index (χ2v) is 10.6. The molecule has 0 aliphatic carbocycles. The number of nitrogens with one attached hydrogen (secondary N) is 2. The fourth-order valence-electron chi connectivity index (χ4n) is 3.98. The maximum absolute atomic E-state index is 13.5. The second kappa shape index (κ2) is 12.3. The van der Waals surface area contributed by atoms with Crippen molar-refractivity contribution in [3.8, 4) is 0 Å². The Balaban J connectivity index is 1.50. The van der Waals surface area contributed by atoms with Crippen molar-refractivity contribution in [1.82, 2.24) is 9.73 Å². The molecule has 0 spiro atoms. The molecule has 0 fully saturated rings. The van der Waals surface area contributed by atoms with Crippen molar-refractivity contribution in [2.75, 3.05) is 18.4 Å². The number of hydrazone groups is 1. The topological polar surface area (TPSA) is 108 Å². The Morgan fingerprint density at radius 1 is 0.868 bits per heavy atom. The lowest BCUT2D eigenvalue weighted by Gasteiger charge is -2.21. The van der Waals surface area contributed by atoms with Gasteiger partial charge in [0.05, 0.1) is 17.7 Å². The molecule has 0 heterocycles. The predicted molar refractivity (Wildman–Crippen MR) is 149 cm³/mol. The maximum Gasteiger partial charge on any atom is 0.255 e. The Morgan fingerprint density at radius 3 is 2.29 bits per heavy atom. The molecule has 4 aromatic rings. The molecule has 0 aliphatic rings. The van der Waals surface area contributed by atoms with Crippen LogP contribution in [0, 0.1) is 0 Å². The molecule has 194 valence electrons. The highest BCUT2D eigenvalue weighted by Crippen LogP contribution is 2.20. The van der Waals surface area contributed by atoms with Gasteiger partial charge in [0.25, 0.3) is 5.91 Å². The van der Waals surface area contributed by atoms with Crippen LogP contribution >= 0.6 is 0 Å². The molecule has 9 heteroatoms. The molecule has 0 atom stereocenters. The lowest BCUT2D eigenvalue weighted by Crippen LogP contribution is -2.40. The fourth-order valence-corrected chi connectivity index (χ4v) is 5.37. The van der Waals surface area contributed by atoms with Crippen molar-refractivity contribution >= 4 is 44.5 Å². The highest BCUT2D eigenvalue weighted by molar-refractivity contribution is 7.89. The highest BCUT2D eigenvalue weighted by Gasteiger charge is 2.26. The van der Waals surface area contributed by atoms with Crippen LogP contribution in [0.3, 0.4) is 0 Å². The van der Waals surface area contributed by atoms with Gasteiger partial charge in [0.2, 0.25) is 15.9 Å². The van der Waals surface area contributed by atoms with Gasteiger partial charge in [-0.3, -0.25) is 9.59 Å². The van der Waals surface area contributed by atoms with Crippen LogP contribution in [-0.2, 0) is 26.0 Å². The minimum atomic E-state index is -4.01. The van der Waals surface area contributed by atoms with Crippen molar-refractivity contribution in [2.24, 2.45) is 5.10 Å². The summed E-state index contributed by atoms with van der Waals surface area (Å²) in [6.45, 7) is 1.06. The number of carbonyl (C=O) groups is 2. The molecule has 0 unspecified atom stereocenters. The minimum absolute atomic E-state index is 0.0201. The van der Waals surface area contributed by atoms with Crippen molar-refractivity contribution in [2.45, 2.75) is 18.2 Å². The van der Waals surface area contributed by atoms with E-state index >= 15 is 0 Å². The van der Waals surface area contributed by atoms with E-state index in [1.54, 1.807) is 6.21 Å². The number of rotatable bonds is 10. The molecule has 2 N–H and O–H groups in total. The highest BCUT2D eigenvalue weighted by atomic mass is 32.2. The number of hydrogen-bond donors (Lipinski definition) is 2. The van der Waals surface area contributed by atoms with Crippen LogP contribution in [0.15, 0.2) is 107 Å². The molecular formula is C29H28N4O4S. The molecule has 4 rings (SSSR count). The van der Waals surface area contributed by atoms with Crippen LogP contribution in [0.25, 0.3) is 10.8 Å². The summed E-state index contributed by atoms with van der Waals surface area (Å²) in [5, 5.41) is 8.72. The first kappa shape index (κ1) is 26.7. The molecule has 0 saturated carbocycles. The normalized spacial score (nSPS) is 11.6. The average Bonchev–Trinajstić information content (AvgIpc) is 2.91. The molecule has 0 bridgehead atoms. The van der Waals surface area contributed by atoms with Crippen molar-refractivity contribution in [3.63, 3.8) is 0 Å². The standard InChI is InChI=1S/C29H28N4O4S/c1-22(34)31-26-14-16-27(17-15-26)38(36,37)33(19-18-23-8-3-2-4-9-23)21-29(35)32-30-20-25-12-7-11-24-10-5-6-13-28(24)25/h2-17,20H,18-19,21H2,1H3,(H,31,34)(H,32,35). The largest absolute Gasteiger partial charge is 0.326 e. The number of amides is 2. The molecule has 4 aromatic carbocycles. The number of benzene rings is 4. The third-order valence-electron chi connectivity index (χ3n) is 5.84. The van der Waals surface area contributed by atoms with Gasteiger partial charge >= 0.3 is 0 Å². The van der Waals surface area contributed by atoms with Crippen molar-refractivity contribution in [3.05, 3.63) is 108 Å². The van der Waals surface area contributed by atoms with Crippen molar-refractivity contribution < 1.29 is 18.0 Å². The van der Waals surface area contributed by atoms with E-state index in [1.807, 2.05) is 72.8 Å². The maximum atomic E-state index is 13.5. The fraction of sp³-hybridized carbons (Fsp3) is 0.138. The quantitative estimate of drug-likeness (QED) is 0.238. The molecule has 0 radical (unpaired) electrons. The molecule has 38 heavy (non-hydrogen) atoms. The number of carbonyl (C=O) groups excluding carboxylic acids is 2. The number of nitrogens with zero attached hydrogens (tertiary/aromatic N) is 2. The number of sulfonamides is 1. The van der Waals surface area contributed by atoms with Gasteiger partial charge in [-0.1, -0.05) is 72.8 Å². The average molecular weight is 529 g/mol. The number of fused-ring (bicyclic) bond motifs is 1. The molecule has 8 nitrogen and oxygen atoms in total. The molecule has 0 aliphatic heterocycles. The van der Waals surface area contributed by atoms with Gasteiger partial charge in [-0.2, -0.15) is 9.41 Å². The Bertz CT molecular complexity index is 1550. The van der Waals surface area contributed by atoms with E-state index in [-0.39, 0.29) is 17.3 Å². The SMILES string of the molecule is CC(=O)Nc1ccc(S(=O)(=O)N(CCc2ccccc2)CC(=O)NN=Cc2cccc3ccccc23)cc1. The molecular weight excluding hydrogens is 500 g/mol. The lowest BCUT2D eigenvalue weighted by atomic mass is 10.1. The van der Waals surface area contributed by atoms with Crippen LogP contribution in [0.4, 0.5) is 5.69 Å². The summed E-state index contributed by atoms with van der Waals surface area (Å²) in [6, 6.07) is 28.9. The van der Waals surface area contributed by atoms with Crippen LogP contribution < -0.4 is 10.7 Å². The Morgan fingerprint density at radius 2 is 1.55 bits per heavy atom. The van der Waals surface area contributed by atoms with E-state index in [9.17, 15) is 18.0 Å². The Labute approximate surface area is 222 Å². The molecule has 2 amide bonds. The Hall–Kier alpha value is -4.34. The van der Waals surface area contributed by atoms with E-state index in [0.717, 1.165) is 26.2 Å². The summed E-state index contributed by atoms with van der Waals surface area (Å²) < 4.78 is 28.1. The van der Waals surface area contributed by atoms with Crippen molar-refractivity contribution in [1.29, 1.82) is 0 Å². The summed E-state index contributed by atoms with van der Waals surface area (Å²) >= 11 is 0. The first-order valence-electron chi connectivity index (χ1n) is 12.0. The van der Waals surface area contributed by atoms with Gasteiger partial charge in [-0.15, -0.1) is 0 Å². The summed E-state index contributed by atoms with van der Waals surface area (Å²) in [5.74, 6) is -0.821. The zero-order valence-corrected chi connectivity index (χ0v) is 21.7. The van der Waals surface area contributed by atoms with E-state index in [0.29, 0.717) is 12.1 Å². The molecule has 0 aromatic heterocycles. The number of hydrogen-bond acceptors (Lipinski definition) is 5. The first-order chi connectivity index (χ1) is 18.3. The van der Waals surface area contributed by atoms with Crippen LogP contribution in [-0.4, -0.2) is 43.8 Å².